The van der Waals surface area contributed by atoms with Crippen LogP contribution in [0.2, 0.25) is 0 Å². The molecule has 0 unspecified atom stereocenters. The van der Waals surface area contributed by atoms with Crippen LogP contribution in [0.15, 0.2) is 42.5 Å². The largest absolute Gasteiger partial charge is 0.457 e. The van der Waals surface area contributed by atoms with Crippen LogP contribution in [-0.2, 0) is 6.42 Å². The second-order valence-corrected chi connectivity index (χ2v) is 4.49. The highest BCUT2D eigenvalue weighted by Crippen LogP contribution is 2.26. The van der Waals surface area contributed by atoms with Crippen molar-refractivity contribution < 1.29 is 4.74 Å². The van der Waals surface area contributed by atoms with E-state index in [9.17, 15) is 0 Å². The van der Waals surface area contributed by atoms with Gasteiger partial charge in [0.2, 0.25) is 0 Å². The van der Waals surface area contributed by atoms with E-state index in [2.05, 4.69) is 32.0 Å². The summed E-state index contributed by atoms with van der Waals surface area (Å²) in [4.78, 5) is 0. The Morgan fingerprint density at radius 3 is 2.50 bits per heavy atom. The maximum absolute atomic E-state index is 5.94. The lowest BCUT2D eigenvalue weighted by atomic mass is 10.1. The van der Waals surface area contributed by atoms with Crippen molar-refractivity contribution in [1.82, 2.24) is 0 Å². The van der Waals surface area contributed by atoms with Gasteiger partial charge in [-0.05, 0) is 61.7 Å². The third-order valence-corrected chi connectivity index (χ3v) is 3.09. The maximum atomic E-state index is 5.94. The van der Waals surface area contributed by atoms with Gasteiger partial charge >= 0.3 is 0 Å². The van der Waals surface area contributed by atoms with Gasteiger partial charge < -0.3 is 10.5 Å². The molecular formula is C16H19NO. The van der Waals surface area contributed by atoms with Gasteiger partial charge in [0.05, 0.1) is 0 Å². The molecule has 0 aliphatic rings. The van der Waals surface area contributed by atoms with Crippen LogP contribution in [0, 0.1) is 13.8 Å². The summed E-state index contributed by atoms with van der Waals surface area (Å²) in [5, 5.41) is 0. The molecule has 18 heavy (non-hydrogen) atoms. The van der Waals surface area contributed by atoms with Gasteiger partial charge in [-0.15, -0.1) is 0 Å². The first-order valence-corrected chi connectivity index (χ1v) is 6.24. The summed E-state index contributed by atoms with van der Waals surface area (Å²) in [5.41, 5.74) is 9.28. The lowest BCUT2D eigenvalue weighted by Gasteiger charge is -2.11. The Hall–Kier alpha value is -1.80. The van der Waals surface area contributed by atoms with Gasteiger partial charge in [0.15, 0.2) is 0 Å². The van der Waals surface area contributed by atoms with Gasteiger partial charge in [0.1, 0.15) is 11.5 Å². The molecule has 0 radical (unpaired) electrons. The first-order valence-electron chi connectivity index (χ1n) is 6.24. The standard InChI is InChI=1S/C16H19NO/c1-12-7-8-15(11-13(12)2)18-16-6-4-3-5-14(16)9-10-17/h3-8,11H,9-10,17H2,1-2H3. The SMILES string of the molecule is Cc1ccc(Oc2ccccc2CCN)cc1C. The fourth-order valence-electron chi connectivity index (χ4n) is 1.87. The van der Waals surface area contributed by atoms with E-state index < -0.39 is 0 Å². The molecule has 0 bridgehead atoms. The number of aryl methyl sites for hydroxylation is 2. The molecule has 2 rings (SSSR count). The topological polar surface area (TPSA) is 35.2 Å². The molecule has 0 saturated carbocycles. The second kappa shape index (κ2) is 5.69. The van der Waals surface area contributed by atoms with Crippen molar-refractivity contribution in [2.45, 2.75) is 20.3 Å². The minimum absolute atomic E-state index is 0.632. The Bertz CT molecular complexity index is 534. The molecule has 2 N–H and O–H groups in total. The van der Waals surface area contributed by atoms with Crippen molar-refractivity contribution >= 4 is 0 Å². The highest BCUT2D eigenvalue weighted by atomic mass is 16.5. The number of hydrogen-bond acceptors (Lipinski definition) is 2. The predicted molar refractivity (Wildman–Crippen MR) is 75.2 cm³/mol. The molecule has 0 heterocycles. The second-order valence-electron chi connectivity index (χ2n) is 4.49. The van der Waals surface area contributed by atoms with Crippen molar-refractivity contribution in [3.05, 3.63) is 59.2 Å². The summed E-state index contributed by atoms with van der Waals surface area (Å²) in [6, 6.07) is 14.2. The number of para-hydroxylation sites is 1. The molecule has 0 spiro atoms. The highest BCUT2D eigenvalue weighted by molar-refractivity contribution is 5.40. The number of benzene rings is 2. The monoisotopic (exact) mass is 241 g/mol. The van der Waals surface area contributed by atoms with E-state index in [0.717, 1.165) is 23.5 Å². The summed E-state index contributed by atoms with van der Waals surface area (Å²) in [7, 11) is 0. The molecular weight excluding hydrogens is 222 g/mol. The van der Waals surface area contributed by atoms with E-state index in [1.807, 2.05) is 24.3 Å². The molecule has 0 amide bonds. The van der Waals surface area contributed by atoms with Crippen LogP contribution in [0.1, 0.15) is 16.7 Å². The molecule has 0 aliphatic heterocycles. The Morgan fingerprint density at radius 2 is 1.78 bits per heavy atom. The Labute approximate surface area is 108 Å². The summed E-state index contributed by atoms with van der Waals surface area (Å²) in [6.07, 6.45) is 0.834. The van der Waals surface area contributed by atoms with Crippen LogP contribution in [0.3, 0.4) is 0 Å². The molecule has 0 atom stereocenters. The third-order valence-electron chi connectivity index (χ3n) is 3.09. The van der Waals surface area contributed by atoms with Gasteiger partial charge in [0.25, 0.3) is 0 Å². The van der Waals surface area contributed by atoms with Crippen molar-refractivity contribution in [3.63, 3.8) is 0 Å². The van der Waals surface area contributed by atoms with Gasteiger partial charge in [-0.2, -0.15) is 0 Å². The first-order chi connectivity index (χ1) is 8.70. The van der Waals surface area contributed by atoms with E-state index in [-0.39, 0.29) is 0 Å². The number of hydrogen-bond donors (Lipinski definition) is 1. The molecule has 0 saturated heterocycles. The molecule has 0 fully saturated rings. The van der Waals surface area contributed by atoms with Crippen LogP contribution in [0.5, 0.6) is 11.5 Å². The average molecular weight is 241 g/mol. The smallest absolute Gasteiger partial charge is 0.130 e. The van der Waals surface area contributed by atoms with Gasteiger partial charge in [0, 0.05) is 0 Å². The Balaban J connectivity index is 2.25. The molecule has 2 aromatic carbocycles. The fraction of sp³-hybridized carbons (Fsp3) is 0.250. The minimum Gasteiger partial charge on any atom is -0.457 e. The number of ether oxygens (including phenoxy) is 1. The van der Waals surface area contributed by atoms with Gasteiger partial charge in [-0.1, -0.05) is 24.3 Å². The van der Waals surface area contributed by atoms with Crippen molar-refractivity contribution in [1.29, 1.82) is 0 Å². The molecule has 94 valence electrons. The number of nitrogens with two attached hydrogens (primary N) is 1. The van der Waals surface area contributed by atoms with E-state index in [1.54, 1.807) is 0 Å². The van der Waals surface area contributed by atoms with Gasteiger partial charge in [-0.3, -0.25) is 0 Å². The van der Waals surface area contributed by atoms with Crippen LogP contribution in [0.4, 0.5) is 0 Å². The van der Waals surface area contributed by atoms with Crippen LogP contribution >= 0.6 is 0 Å². The average Bonchev–Trinajstić information content (AvgIpc) is 2.37. The van der Waals surface area contributed by atoms with Crippen molar-refractivity contribution in [2.24, 2.45) is 5.73 Å². The third kappa shape index (κ3) is 2.90. The fourth-order valence-corrected chi connectivity index (χ4v) is 1.87. The van der Waals surface area contributed by atoms with Crippen LogP contribution in [-0.4, -0.2) is 6.54 Å². The quantitative estimate of drug-likeness (QED) is 0.887. The summed E-state index contributed by atoms with van der Waals surface area (Å²) >= 11 is 0. The van der Waals surface area contributed by atoms with E-state index in [4.69, 9.17) is 10.5 Å². The van der Waals surface area contributed by atoms with Crippen molar-refractivity contribution in [2.75, 3.05) is 6.54 Å². The van der Waals surface area contributed by atoms with Crippen LogP contribution < -0.4 is 10.5 Å². The minimum atomic E-state index is 0.632. The Morgan fingerprint density at radius 1 is 1.00 bits per heavy atom. The summed E-state index contributed by atoms with van der Waals surface area (Å²) in [6.45, 7) is 4.82. The summed E-state index contributed by atoms with van der Waals surface area (Å²) in [5.74, 6) is 1.77. The molecule has 2 nitrogen and oxygen atoms in total. The molecule has 0 aromatic heterocycles. The molecule has 2 aromatic rings. The highest BCUT2D eigenvalue weighted by Gasteiger charge is 2.04. The zero-order chi connectivity index (χ0) is 13.0. The first kappa shape index (κ1) is 12.7. The van der Waals surface area contributed by atoms with E-state index in [0.29, 0.717) is 6.54 Å². The normalized spacial score (nSPS) is 10.4. The predicted octanol–water partition coefficient (Wildman–Crippen LogP) is 3.60. The number of rotatable bonds is 4. The van der Waals surface area contributed by atoms with E-state index in [1.165, 1.54) is 11.1 Å². The molecule has 2 heteroatoms. The maximum Gasteiger partial charge on any atom is 0.130 e. The van der Waals surface area contributed by atoms with Crippen LogP contribution in [0.25, 0.3) is 0 Å². The zero-order valence-electron chi connectivity index (χ0n) is 10.9. The Kier molecular flexibility index (Phi) is 4.00. The zero-order valence-corrected chi connectivity index (χ0v) is 10.9. The van der Waals surface area contributed by atoms with Gasteiger partial charge in [-0.25, -0.2) is 0 Å². The molecule has 0 aliphatic carbocycles. The summed E-state index contributed by atoms with van der Waals surface area (Å²) < 4.78 is 5.94. The van der Waals surface area contributed by atoms with E-state index >= 15 is 0 Å². The lowest BCUT2D eigenvalue weighted by molar-refractivity contribution is 0.475. The lowest BCUT2D eigenvalue weighted by Crippen LogP contribution is -2.03. The van der Waals surface area contributed by atoms with Crippen molar-refractivity contribution in [3.8, 4) is 11.5 Å².